The number of nitrogens with one attached hydrogen (secondary N) is 2. The molecule has 0 unspecified atom stereocenters. The van der Waals surface area contributed by atoms with Gasteiger partial charge in [0.05, 0.1) is 22.8 Å². The van der Waals surface area contributed by atoms with Crippen molar-refractivity contribution in [1.82, 2.24) is 14.6 Å². The molecule has 1 amide bonds. The molecule has 4 rings (SSSR count). The molecular weight excluding hydrogens is 336 g/mol. The van der Waals surface area contributed by atoms with E-state index in [4.69, 9.17) is 0 Å². The Labute approximate surface area is 146 Å². The number of H-pyrrole nitrogens is 1. The lowest BCUT2D eigenvalue weighted by Gasteiger charge is -2.08. The Morgan fingerprint density at radius 3 is 2.76 bits per heavy atom. The molecule has 0 spiro atoms. The summed E-state index contributed by atoms with van der Waals surface area (Å²) in [6, 6.07) is 14.7. The molecule has 0 atom stereocenters. The summed E-state index contributed by atoms with van der Waals surface area (Å²) in [7, 11) is 0. The third-order valence-corrected chi connectivity index (χ3v) is 4.77. The molecule has 2 heterocycles. The van der Waals surface area contributed by atoms with Gasteiger partial charge in [-0.15, -0.1) is 11.8 Å². The van der Waals surface area contributed by atoms with Gasteiger partial charge in [-0.25, -0.2) is 4.52 Å². The Kier molecular flexibility index (Phi) is 3.77. The van der Waals surface area contributed by atoms with E-state index in [-0.39, 0.29) is 11.5 Å². The summed E-state index contributed by atoms with van der Waals surface area (Å²) in [6.45, 7) is 0. The van der Waals surface area contributed by atoms with Gasteiger partial charge in [-0.1, -0.05) is 24.3 Å². The lowest BCUT2D eigenvalue weighted by molar-refractivity contribution is 0.102. The number of thioether (sulfide) groups is 1. The number of aromatic nitrogens is 3. The molecule has 25 heavy (non-hydrogen) atoms. The number of nitrogens with zero attached hydrogens (tertiary/aromatic N) is 2. The first-order valence-corrected chi connectivity index (χ1v) is 8.84. The lowest BCUT2D eigenvalue weighted by Crippen LogP contribution is -2.15. The van der Waals surface area contributed by atoms with Crippen molar-refractivity contribution in [3.63, 3.8) is 0 Å². The summed E-state index contributed by atoms with van der Waals surface area (Å²) in [5, 5.41) is 7.69. The first-order valence-electron chi connectivity index (χ1n) is 7.62. The average Bonchev–Trinajstić information content (AvgIpc) is 3.06. The molecule has 0 radical (unpaired) electrons. The molecule has 4 aromatic rings. The minimum Gasteiger partial charge on any atom is -0.321 e. The summed E-state index contributed by atoms with van der Waals surface area (Å²) in [5.74, 6) is -0.317. The number of fused-ring (bicyclic) bond motifs is 3. The maximum atomic E-state index is 12.7. The van der Waals surface area contributed by atoms with Gasteiger partial charge in [-0.2, -0.15) is 5.10 Å². The van der Waals surface area contributed by atoms with Crippen molar-refractivity contribution in [3.8, 4) is 0 Å². The molecule has 0 saturated heterocycles. The highest BCUT2D eigenvalue weighted by Gasteiger charge is 2.17. The highest BCUT2D eigenvalue weighted by molar-refractivity contribution is 7.98. The number of hydrogen-bond donors (Lipinski definition) is 2. The number of benzene rings is 2. The molecule has 0 aliphatic rings. The Hall–Kier alpha value is -3.06. The molecule has 2 aromatic carbocycles. The molecule has 124 valence electrons. The predicted molar refractivity (Wildman–Crippen MR) is 99.5 cm³/mol. The van der Waals surface area contributed by atoms with E-state index in [1.54, 1.807) is 34.5 Å². The van der Waals surface area contributed by atoms with Crippen LogP contribution in [0.2, 0.25) is 0 Å². The summed E-state index contributed by atoms with van der Waals surface area (Å²) in [5.41, 5.74) is 1.83. The third kappa shape index (κ3) is 2.58. The number of aromatic amines is 1. The Bertz CT molecular complexity index is 1160. The van der Waals surface area contributed by atoms with Crippen LogP contribution >= 0.6 is 11.8 Å². The fourth-order valence-corrected chi connectivity index (χ4v) is 3.33. The van der Waals surface area contributed by atoms with Crippen LogP contribution in [0.15, 0.2) is 64.4 Å². The standard InChI is InChI=1S/C18H14N4O2S/c1-25-15-9-5-3-7-13(15)20-18(24)12-10-19-22-14-8-4-2-6-11(14)17(23)21-16(12)22/h2-10H,1H3,(H,20,24)(H,21,23). The van der Waals surface area contributed by atoms with Gasteiger partial charge in [0.25, 0.3) is 11.5 Å². The predicted octanol–water partition coefficient (Wildman–Crippen LogP) is 3.15. The number of amides is 1. The molecule has 2 N–H and O–H groups in total. The van der Waals surface area contributed by atoms with Gasteiger partial charge < -0.3 is 10.3 Å². The van der Waals surface area contributed by atoms with E-state index < -0.39 is 0 Å². The van der Waals surface area contributed by atoms with Crippen LogP contribution in [0.25, 0.3) is 16.6 Å². The van der Waals surface area contributed by atoms with E-state index in [0.717, 1.165) is 10.6 Å². The van der Waals surface area contributed by atoms with Gasteiger partial charge >= 0.3 is 0 Å². The van der Waals surface area contributed by atoms with Crippen LogP contribution in [0.1, 0.15) is 10.4 Å². The van der Waals surface area contributed by atoms with E-state index in [1.807, 2.05) is 36.6 Å². The molecule has 7 heteroatoms. The van der Waals surface area contributed by atoms with Crippen LogP contribution in [0.5, 0.6) is 0 Å². The second kappa shape index (κ2) is 6.10. The Morgan fingerprint density at radius 2 is 1.92 bits per heavy atom. The van der Waals surface area contributed by atoms with Crippen molar-refractivity contribution in [3.05, 3.63) is 70.6 Å². The van der Waals surface area contributed by atoms with Crippen molar-refractivity contribution < 1.29 is 4.79 Å². The zero-order valence-electron chi connectivity index (χ0n) is 13.3. The number of hydrogen-bond acceptors (Lipinski definition) is 4. The molecule has 0 fully saturated rings. The van der Waals surface area contributed by atoms with E-state index in [2.05, 4.69) is 15.4 Å². The van der Waals surface area contributed by atoms with Crippen LogP contribution in [0.4, 0.5) is 5.69 Å². The van der Waals surface area contributed by atoms with Crippen molar-refractivity contribution in [2.24, 2.45) is 0 Å². The van der Waals surface area contributed by atoms with Crippen LogP contribution in [0.3, 0.4) is 0 Å². The van der Waals surface area contributed by atoms with Gasteiger partial charge in [0, 0.05) is 4.90 Å². The van der Waals surface area contributed by atoms with E-state index in [0.29, 0.717) is 22.1 Å². The monoisotopic (exact) mass is 350 g/mol. The van der Waals surface area contributed by atoms with Crippen LogP contribution in [-0.4, -0.2) is 26.8 Å². The van der Waals surface area contributed by atoms with Gasteiger partial charge in [0.15, 0.2) is 0 Å². The minimum atomic E-state index is -0.317. The summed E-state index contributed by atoms with van der Waals surface area (Å²) in [6.07, 6.45) is 3.42. The van der Waals surface area contributed by atoms with Crippen molar-refractivity contribution in [2.75, 3.05) is 11.6 Å². The van der Waals surface area contributed by atoms with Gasteiger partial charge in [-0.3, -0.25) is 9.59 Å². The SMILES string of the molecule is CSc1ccccc1NC(=O)c1cnn2c1[nH]c(=O)c1ccccc12. The quantitative estimate of drug-likeness (QED) is 0.556. The molecule has 0 bridgehead atoms. The van der Waals surface area contributed by atoms with E-state index in [1.165, 1.54) is 6.20 Å². The third-order valence-electron chi connectivity index (χ3n) is 3.98. The first-order chi connectivity index (χ1) is 12.2. The molecule has 6 nitrogen and oxygen atoms in total. The maximum Gasteiger partial charge on any atom is 0.261 e. The summed E-state index contributed by atoms with van der Waals surface area (Å²) >= 11 is 1.55. The average molecular weight is 350 g/mol. The van der Waals surface area contributed by atoms with E-state index in [9.17, 15) is 9.59 Å². The molecule has 0 saturated carbocycles. The highest BCUT2D eigenvalue weighted by Crippen LogP contribution is 2.25. The zero-order chi connectivity index (χ0) is 17.4. The summed E-state index contributed by atoms with van der Waals surface area (Å²) in [4.78, 5) is 28.7. The molecule has 0 aliphatic carbocycles. The fourth-order valence-electron chi connectivity index (χ4n) is 2.78. The Morgan fingerprint density at radius 1 is 1.16 bits per heavy atom. The second-order valence-corrected chi connectivity index (χ2v) is 6.29. The molecule has 2 aromatic heterocycles. The number of carbonyl (C=O) groups is 1. The van der Waals surface area contributed by atoms with Gasteiger partial charge in [0.1, 0.15) is 11.2 Å². The highest BCUT2D eigenvalue weighted by atomic mass is 32.2. The van der Waals surface area contributed by atoms with Gasteiger partial charge in [0.2, 0.25) is 0 Å². The smallest absolute Gasteiger partial charge is 0.261 e. The lowest BCUT2D eigenvalue weighted by atomic mass is 10.2. The molecular formula is C18H14N4O2S. The first kappa shape index (κ1) is 15.5. The second-order valence-electron chi connectivity index (χ2n) is 5.44. The number of carbonyl (C=O) groups excluding carboxylic acids is 1. The minimum absolute atomic E-state index is 0.248. The largest absolute Gasteiger partial charge is 0.321 e. The normalized spacial score (nSPS) is 11.1. The van der Waals surface area contributed by atoms with Crippen LogP contribution < -0.4 is 10.9 Å². The van der Waals surface area contributed by atoms with Gasteiger partial charge in [-0.05, 0) is 30.5 Å². The van der Waals surface area contributed by atoms with Crippen molar-refractivity contribution in [1.29, 1.82) is 0 Å². The number of para-hydroxylation sites is 2. The van der Waals surface area contributed by atoms with E-state index >= 15 is 0 Å². The fraction of sp³-hybridized carbons (Fsp3) is 0.0556. The van der Waals surface area contributed by atoms with Crippen LogP contribution in [-0.2, 0) is 0 Å². The van der Waals surface area contributed by atoms with Crippen molar-refractivity contribution >= 4 is 39.9 Å². The topological polar surface area (TPSA) is 79.3 Å². The molecule has 0 aliphatic heterocycles. The summed E-state index contributed by atoms with van der Waals surface area (Å²) < 4.78 is 1.58. The van der Waals surface area contributed by atoms with Crippen molar-refractivity contribution in [2.45, 2.75) is 4.90 Å². The Balaban J connectivity index is 1.82. The number of anilines is 1. The zero-order valence-corrected chi connectivity index (χ0v) is 14.1. The maximum absolute atomic E-state index is 12.7. The number of rotatable bonds is 3. The van der Waals surface area contributed by atoms with Crippen LogP contribution in [0, 0.1) is 0 Å².